The van der Waals surface area contributed by atoms with Crippen LogP contribution in [0, 0.1) is 6.92 Å². The van der Waals surface area contributed by atoms with E-state index in [0.29, 0.717) is 22.6 Å². The van der Waals surface area contributed by atoms with Crippen molar-refractivity contribution in [2.75, 3.05) is 7.11 Å². The van der Waals surface area contributed by atoms with Crippen LogP contribution in [-0.4, -0.2) is 13.1 Å². The van der Waals surface area contributed by atoms with Crippen molar-refractivity contribution in [2.24, 2.45) is 0 Å². The molecule has 1 atom stereocenters. The summed E-state index contributed by atoms with van der Waals surface area (Å²) < 4.78 is 16.4. The molecule has 1 aliphatic heterocycles. The van der Waals surface area contributed by atoms with Gasteiger partial charge in [-0.2, -0.15) is 0 Å². The zero-order valence-electron chi connectivity index (χ0n) is 13.9. The molecule has 25 heavy (non-hydrogen) atoms. The van der Waals surface area contributed by atoms with Crippen molar-refractivity contribution in [2.45, 2.75) is 19.3 Å². The predicted octanol–water partition coefficient (Wildman–Crippen LogP) is 3.55. The van der Waals surface area contributed by atoms with Gasteiger partial charge in [-0.05, 0) is 30.7 Å². The van der Waals surface area contributed by atoms with E-state index in [2.05, 4.69) is 0 Å². The van der Waals surface area contributed by atoms with Crippen LogP contribution in [0.25, 0.3) is 11.0 Å². The largest absolute Gasteiger partial charge is 0.496 e. The van der Waals surface area contributed by atoms with E-state index >= 15 is 0 Å². The average molecular weight is 336 g/mol. The Morgan fingerprint density at radius 3 is 2.72 bits per heavy atom. The van der Waals surface area contributed by atoms with Gasteiger partial charge in [0.2, 0.25) is 0 Å². The molecule has 0 N–H and O–H groups in total. The molecule has 0 saturated heterocycles. The van der Waals surface area contributed by atoms with Gasteiger partial charge in [-0.1, -0.05) is 18.2 Å². The highest BCUT2D eigenvalue weighted by atomic mass is 16.5. The van der Waals surface area contributed by atoms with Crippen LogP contribution < -0.4 is 15.1 Å². The molecule has 4 rings (SSSR count). The number of benzene rings is 2. The second-order valence-corrected chi connectivity index (χ2v) is 6.08. The zero-order chi connectivity index (χ0) is 17.6. The number of hydrogen-bond acceptors (Lipinski definition) is 5. The summed E-state index contributed by atoms with van der Waals surface area (Å²) in [5.41, 5.74) is 2.44. The number of rotatable bonds is 2. The maximum atomic E-state index is 12.1. The first-order valence-corrected chi connectivity index (χ1v) is 7.99. The van der Waals surface area contributed by atoms with Gasteiger partial charge in [0.1, 0.15) is 17.1 Å². The van der Waals surface area contributed by atoms with Crippen molar-refractivity contribution in [1.29, 1.82) is 0 Å². The van der Waals surface area contributed by atoms with Gasteiger partial charge in [-0.15, -0.1) is 0 Å². The molecule has 0 aliphatic carbocycles. The molecule has 0 spiro atoms. The molecule has 0 fully saturated rings. The first-order chi connectivity index (χ1) is 12.1. The molecule has 0 bridgehead atoms. The van der Waals surface area contributed by atoms with Crippen LogP contribution in [0.5, 0.6) is 11.5 Å². The third kappa shape index (κ3) is 2.48. The second-order valence-electron chi connectivity index (χ2n) is 6.08. The van der Waals surface area contributed by atoms with Crippen molar-refractivity contribution in [1.82, 2.24) is 0 Å². The molecule has 5 nitrogen and oxygen atoms in total. The summed E-state index contributed by atoms with van der Waals surface area (Å²) in [6, 6.07) is 12.6. The van der Waals surface area contributed by atoms with Gasteiger partial charge in [-0.25, -0.2) is 4.79 Å². The molecule has 1 unspecified atom stereocenters. The SMILES string of the molecule is COc1ccccc1C1CC(=O)Oc2ccc3c(C)cc(=O)oc3c21. The molecule has 5 heteroatoms. The molecule has 126 valence electrons. The van der Waals surface area contributed by atoms with Crippen LogP contribution in [-0.2, 0) is 4.79 Å². The van der Waals surface area contributed by atoms with Crippen molar-refractivity contribution in [3.63, 3.8) is 0 Å². The molecule has 0 radical (unpaired) electrons. The summed E-state index contributed by atoms with van der Waals surface area (Å²) in [6.45, 7) is 1.86. The molecule has 0 saturated carbocycles. The molecular weight excluding hydrogens is 320 g/mol. The minimum absolute atomic E-state index is 0.157. The average Bonchev–Trinajstić information content (AvgIpc) is 2.60. The van der Waals surface area contributed by atoms with E-state index in [9.17, 15) is 9.59 Å². The Hall–Kier alpha value is -3.08. The number of carbonyl (C=O) groups excluding carboxylic acids is 1. The predicted molar refractivity (Wildman–Crippen MR) is 92.3 cm³/mol. The minimum Gasteiger partial charge on any atom is -0.496 e. The van der Waals surface area contributed by atoms with E-state index in [1.54, 1.807) is 13.2 Å². The van der Waals surface area contributed by atoms with Crippen molar-refractivity contribution < 1.29 is 18.7 Å². The summed E-state index contributed by atoms with van der Waals surface area (Å²) in [5, 5.41) is 0.830. The second kappa shape index (κ2) is 5.77. The van der Waals surface area contributed by atoms with Crippen LogP contribution in [0.2, 0.25) is 0 Å². The van der Waals surface area contributed by atoms with E-state index in [1.807, 2.05) is 37.3 Å². The van der Waals surface area contributed by atoms with Crippen LogP contribution in [0.4, 0.5) is 0 Å². The molecular formula is C20H16O5. The number of carbonyl (C=O) groups is 1. The standard InChI is InChI=1S/C20H16O5/c1-11-9-17(21)25-20-12(11)7-8-16-19(20)14(10-18(22)24-16)13-5-3-4-6-15(13)23-2/h3-9,14H,10H2,1-2H3. The number of hydrogen-bond donors (Lipinski definition) is 0. The first-order valence-electron chi connectivity index (χ1n) is 7.99. The molecule has 1 aromatic heterocycles. The number of aryl methyl sites for hydroxylation is 1. The van der Waals surface area contributed by atoms with Gasteiger partial charge < -0.3 is 13.9 Å². The van der Waals surface area contributed by atoms with E-state index in [-0.39, 0.29) is 18.3 Å². The molecule has 0 amide bonds. The topological polar surface area (TPSA) is 65.7 Å². The van der Waals surface area contributed by atoms with Crippen LogP contribution >= 0.6 is 0 Å². The fourth-order valence-electron chi connectivity index (χ4n) is 3.46. The Morgan fingerprint density at radius 1 is 1.12 bits per heavy atom. The van der Waals surface area contributed by atoms with Gasteiger partial charge in [0, 0.05) is 28.5 Å². The lowest BCUT2D eigenvalue weighted by Crippen LogP contribution is -2.22. The summed E-state index contributed by atoms with van der Waals surface area (Å²) in [5.74, 6) is 0.479. The summed E-state index contributed by atoms with van der Waals surface area (Å²) >= 11 is 0. The van der Waals surface area contributed by atoms with Gasteiger partial charge in [0.25, 0.3) is 0 Å². The quantitative estimate of drug-likeness (QED) is 0.407. The summed E-state index contributed by atoms with van der Waals surface area (Å²) in [4.78, 5) is 24.0. The Labute approximate surface area is 143 Å². The lowest BCUT2D eigenvalue weighted by molar-refractivity contribution is -0.135. The van der Waals surface area contributed by atoms with Crippen LogP contribution in [0.15, 0.2) is 51.7 Å². The molecule has 2 aromatic carbocycles. The third-order valence-corrected chi connectivity index (χ3v) is 4.58. The Bertz CT molecular complexity index is 1050. The lowest BCUT2D eigenvalue weighted by atomic mass is 9.84. The minimum atomic E-state index is -0.422. The van der Waals surface area contributed by atoms with Crippen LogP contribution in [0.3, 0.4) is 0 Å². The van der Waals surface area contributed by atoms with Gasteiger partial charge in [0.05, 0.1) is 13.5 Å². The summed E-state index contributed by atoms with van der Waals surface area (Å²) in [6.07, 6.45) is 0.157. The van der Waals surface area contributed by atoms with E-state index < -0.39 is 5.63 Å². The Morgan fingerprint density at radius 2 is 1.92 bits per heavy atom. The number of methoxy groups -OCH3 is 1. The van der Waals surface area contributed by atoms with Gasteiger partial charge in [-0.3, -0.25) is 4.79 Å². The highest BCUT2D eigenvalue weighted by molar-refractivity contribution is 5.90. The highest BCUT2D eigenvalue weighted by Gasteiger charge is 2.33. The molecule has 2 heterocycles. The molecule has 3 aromatic rings. The molecule has 1 aliphatic rings. The van der Waals surface area contributed by atoms with Crippen LogP contribution in [0.1, 0.15) is 29.0 Å². The maximum Gasteiger partial charge on any atom is 0.336 e. The zero-order valence-corrected chi connectivity index (χ0v) is 13.9. The summed E-state index contributed by atoms with van der Waals surface area (Å²) in [7, 11) is 1.59. The smallest absolute Gasteiger partial charge is 0.336 e. The van der Waals surface area contributed by atoms with E-state index in [1.165, 1.54) is 6.07 Å². The van der Waals surface area contributed by atoms with E-state index in [4.69, 9.17) is 13.9 Å². The Kier molecular flexibility index (Phi) is 3.57. The van der Waals surface area contributed by atoms with E-state index in [0.717, 1.165) is 16.5 Å². The first kappa shape index (κ1) is 15.4. The lowest BCUT2D eigenvalue weighted by Gasteiger charge is -2.26. The monoisotopic (exact) mass is 336 g/mol. The van der Waals surface area contributed by atoms with Gasteiger partial charge in [0.15, 0.2) is 0 Å². The number of ether oxygens (including phenoxy) is 2. The Balaban J connectivity index is 2.06. The van der Waals surface area contributed by atoms with Crippen molar-refractivity contribution >= 4 is 16.9 Å². The highest BCUT2D eigenvalue weighted by Crippen LogP contribution is 2.45. The van der Waals surface area contributed by atoms with Crippen molar-refractivity contribution in [3.05, 3.63) is 69.6 Å². The number of esters is 1. The van der Waals surface area contributed by atoms with Crippen molar-refractivity contribution in [3.8, 4) is 11.5 Å². The maximum absolute atomic E-state index is 12.1. The third-order valence-electron chi connectivity index (χ3n) is 4.58. The number of fused-ring (bicyclic) bond motifs is 3. The fraction of sp³-hybridized carbons (Fsp3) is 0.200. The number of para-hydroxylation sites is 1. The van der Waals surface area contributed by atoms with Gasteiger partial charge >= 0.3 is 11.6 Å². The fourth-order valence-corrected chi connectivity index (χ4v) is 3.46. The normalized spacial score (nSPS) is 16.4.